The van der Waals surface area contributed by atoms with Crippen LogP contribution in [0.3, 0.4) is 0 Å². The van der Waals surface area contributed by atoms with Crippen LogP contribution in [0.1, 0.15) is 42.8 Å². The number of hydrogen-bond acceptors (Lipinski definition) is 5. The zero-order chi connectivity index (χ0) is 21.4. The second-order valence-electron chi connectivity index (χ2n) is 6.90. The van der Waals surface area contributed by atoms with Crippen LogP contribution in [0.15, 0.2) is 40.8 Å². The number of nitrogens with one attached hydrogen (secondary N) is 2. The Morgan fingerprint density at radius 3 is 2.57 bits per heavy atom. The van der Waals surface area contributed by atoms with E-state index in [0.29, 0.717) is 33.5 Å². The first-order chi connectivity index (χ1) is 14.3. The highest BCUT2D eigenvalue weighted by Crippen LogP contribution is 2.29. The quantitative estimate of drug-likeness (QED) is 0.458. The van der Waals surface area contributed by atoms with Gasteiger partial charge in [-0.15, -0.1) is 11.3 Å². The zero-order valence-corrected chi connectivity index (χ0v) is 18.1. The van der Waals surface area contributed by atoms with Gasteiger partial charge in [0.25, 0.3) is 11.8 Å². The van der Waals surface area contributed by atoms with Crippen LogP contribution >= 0.6 is 22.9 Å². The highest BCUT2D eigenvalue weighted by molar-refractivity contribution is 7.20. The van der Waals surface area contributed by atoms with Crippen LogP contribution in [-0.4, -0.2) is 21.6 Å². The van der Waals surface area contributed by atoms with Gasteiger partial charge >= 0.3 is 0 Å². The van der Waals surface area contributed by atoms with E-state index in [-0.39, 0.29) is 0 Å². The molecule has 0 bridgehead atoms. The van der Waals surface area contributed by atoms with Gasteiger partial charge in [0, 0.05) is 10.4 Å². The van der Waals surface area contributed by atoms with Gasteiger partial charge in [0.15, 0.2) is 0 Å². The molecule has 4 aromatic rings. The Balaban J connectivity index is 1.52. The minimum atomic E-state index is -0.431. The third-order valence-corrected chi connectivity index (χ3v) is 6.20. The summed E-state index contributed by atoms with van der Waals surface area (Å²) in [6.45, 7) is 5.85. The Kier molecular flexibility index (Phi) is 5.36. The van der Waals surface area contributed by atoms with E-state index in [2.05, 4.69) is 16.0 Å². The number of carbonyl (C=O) groups excluding carboxylic acids is 2. The van der Waals surface area contributed by atoms with Crippen molar-refractivity contribution in [3.63, 3.8) is 0 Å². The Morgan fingerprint density at radius 2 is 1.87 bits per heavy atom. The molecule has 7 nitrogen and oxygen atoms in total. The van der Waals surface area contributed by atoms with Gasteiger partial charge in [0.2, 0.25) is 0 Å². The summed E-state index contributed by atoms with van der Waals surface area (Å²) in [4.78, 5) is 26.2. The number of fused-ring (bicyclic) bond motifs is 1. The average Bonchev–Trinajstić information content (AvgIpc) is 3.37. The number of carbonyl (C=O) groups is 2. The SMILES string of the molecule is Cc1cc(C(=O)NNC(=O)c2cc3c(C)nn(Cc4ccccc4Cl)c3s2)c(C)o1. The molecule has 0 aliphatic heterocycles. The Morgan fingerprint density at radius 1 is 1.13 bits per heavy atom. The maximum atomic E-state index is 12.6. The molecule has 0 unspecified atom stereocenters. The fraction of sp³-hybridized carbons (Fsp3) is 0.190. The summed E-state index contributed by atoms with van der Waals surface area (Å²) >= 11 is 7.58. The number of benzene rings is 1. The van der Waals surface area contributed by atoms with Gasteiger partial charge in [-0.3, -0.25) is 25.1 Å². The summed E-state index contributed by atoms with van der Waals surface area (Å²) < 4.78 is 7.19. The van der Waals surface area contributed by atoms with Crippen LogP contribution in [0.4, 0.5) is 0 Å². The number of hydrogen-bond donors (Lipinski definition) is 2. The molecular formula is C21H19ClN4O3S. The summed E-state index contributed by atoms with van der Waals surface area (Å²) in [5, 5.41) is 6.13. The van der Waals surface area contributed by atoms with Gasteiger partial charge < -0.3 is 4.42 Å². The molecule has 9 heteroatoms. The van der Waals surface area contributed by atoms with Gasteiger partial charge in [-0.05, 0) is 44.5 Å². The molecule has 30 heavy (non-hydrogen) atoms. The molecule has 0 aliphatic carbocycles. The predicted molar refractivity (Wildman–Crippen MR) is 116 cm³/mol. The topological polar surface area (TPSA) is 89.2 Å². The first-order valence-electron chi connectivity index (χ1n) is 9.21. The van der Waals surface area contributed by atoms with Gasteiger partial charge in [0.05, 0.1) is 22.7 Å². The van der Waals surface area contributed by atoms with Crippen molar-refractivity contribution in [1.82, 2.24) is 20.6 Å². The van der Waals surface area contributed by atoms with E-state index in [0.717, 1.165) is 21.5 Å². The molecule has 0 atom stereocenters. The summed E-state index contributed by atoms with van der Waals surface area (Å²) in [6.07, 6.45) is 0. The first kappa shape index (κ1) is 20.2. The van der Waals surface area contributed by atoms with Gasteiger partial charge in [0.1, 0.15) is 16.4 Å². The number of furan rings is 1. The highest BCUT2D eigenvalue weighted by atomic mass is 35.5. The fourth-order valence-corrected chi connectivity index (χ4v) is 4.47. The summed E-state index contributed by atoms with van der Waals surface area (Å²) in [5.74, 6) is 0.300. The molecule has 4 rings (SSSR count). The zero-order valence-electron chi connectivity index (χ0n) is 16.6. The molecule has 1 aromatic carbocycles. The summed E-state index contributed by atoms with van der Waals surface area (Å²) in [5.41, 5.74) is 7.04. The molecule has 154 valence electrons. The summed E-state index contributed by atoms with van der Waals surface area (Å²) in [7, 11) is 0. The number of amides is 2. The van der Waals surface area contributed by atoms with Crippen LogP contribution < -0.4 is 10.9 Å². The number of halogens is 1. The van der Waals surface area contributed by atoms with Crippen molar-refractivity contribution in [2.75, 3.05) is 0 Å². The Hall–Kier alpha value is -3.10. The number of rotatable bonds is 4. The largest absolute Gasteiger partial charge is 0.466 e. The standard InChI is InChI=1S/C21H19ClN4O3S/c1-11-8-16(13(3)29-11)19(27)23-24-20(28)18-9-15-12(2)25-26(21(15)30-18)10-14-6-4-5-7-17(14)22/h4-9H,10H2,1-3H3,(H,23,27)(H,24,28). The number of nitrogens with zero attached hydrogens (tertiary/aromatic N) is 2. The molecule has 0 aliphatic rings. The van der Waals surface area contributed by atoms with Crippen LogP contribution in [0, 0.1) is 20.8 Å². The van der Waals surface area contributed by atoms with Gasteiger partial charge in [-0.1, -0.05) is 29.8 Å². The molecule has 0 radical (unpaired) electrons. The van der Waals surface area contributed by atoms with Crippen molar-refractivity contribution in [2.45, 2.75) is 27.3 Å². The maximum Gasteiger partial charge on any atom is 0.279 e. The van der Waals surface area contributed by atoms with E-state index in [4.69, 9.17) is 16.0 Å². The minimum Gasteiger partial charge on any atom is -0.466 e. The predicted octanol–water partition coefficient (Wildman–Crippen LogP) is 4.39. The monoisotopic (exact) mass is 442 g/mol. The molecule has 2 amide bonds. The molecule has 0 saturated heterocycles. The second-order valence-corrected chi connectivity index (χ2v) is 8.34. The fourth-order valence-electron chi connectivity index (χ4n) is 3.22. The third-order valence-electron chi connectivity index (χ3n) is 4.68. The number of aryl methyl sites for hydroxylation is 3. The van der Waals surface area contributed by atoms with E-state index >= 15 is 0 Å². The van der Waals surface area contributed by atoms with Crippen LogP contribution in [0.5, 0.6) is 0 Å². The average molecular weight is 443 g/mol. The molecule has 3 aromatic heterocycles. The van der Waals surface area contributed by atoms with E-state index in [1.165, 1.54) is 11.3 Å². The van der Waals surface area contributed by atoms with Crippen LogP contribution in [-0.2, 0) is 6.54 Å². The molecule has 0 saturated carbocycles. The van der Waals surface area contributed by atoms with Gasteiger partial charge in [-0.2, -0.15) is 5.10 Å². The van der Waals surface area contributed by atoms with Crippen molar-refractivity contribution < 1.29 is 14.0 Å². The lowest BCUT2D eigenvalue weighted by Gasteiger charge is -2.06. The highest BCUT2D eigenvalue weighted by Gasteiger charge is 2.19. The Labute approximate surface area is 181 Å². The molecule has 0 fully saturated rings. The van der Waals surface area contributed by atoms with E-state index in [9.17, 15) is 9.59 Å². The molecule has 0 spiro atoms. The maximum absolute atomic E-state index is 12.6. The van der Waals surface area contributed by atoms with Crippen LogP contribution in [0.2, 0.25) is 5.02 Å². The lowest BCUT2D eigenvalue weighted by molar-refractivity contribution is 0.0848. The van der Waals surface area contributed by atoms with Crippen molar-refractivity contribution in [1.29, 1.82) is 0 Å². The molecule has 3 heterocycles. The molecular weight excluding hydrogens is 424 g/mol. The first-order valence-corrected chi connectivity index (χ1v) is 10.4. The van der Waals surface area contributed by atoms with E-state index in [1.54, 1.807) is 26.0 Å². The van der Waals surface area contributed by atoms with Crippen molar-refractivity contribution in [3.8, 4) is 0 Å². The second kappa shape index (κ2) is 7.97. The van der Waals surface area contributed by atoms with E-state index in [1.807, 2.05) is 35.9 Å². The minimum absolute atomic E-state index is 0.385. The van der Waals surface area contributed by atoms with E-state index < -0.39 is 11.8 Å². The lowest BCUT2D eigenvalue weighted by Crippen LogP contribution is -2.41. The summed E-state index contributed by atoms with van der Waals surface area (Å²) in [6, 6.07) is 11.0. The lowest BCUT2D eigenvalue weighted by atomic mass is 10.2. The number of aromatic nitrogens is 2. The smallest absolute Gasteiger partial charge is 0.279 e. The Bertz CT molecular complexity index is 1270. The number of thiophene rings is 1. The van der Waals surface area contributed by atoms with Crippen LogP contribution in [0.25, 0.3) is 10.2 Å². The number of hydrazine groups is 1. The third kappa shape index (κ3) is 3.83. The van der Waals surface area contributed by atoms with Gasteiger partial charge in [-0.25, -0.2) is 0 Å². The normalized spacial score (nSPS) is 11.1. The molecule has 2 N–H and O–H groups in total. The van der Waals surface area contributed by atoms with Crippen molar-refractivity contribution in [2.24, 2.45) is 0 Å². The van der Waals surface area contributed by atoms with Crippen molar-refractivity contribution >= 4 is 45.0 Å². The van der Waals surface area contributed by atoms with Crippen molar-refractivity contribution in [3.05, 3.63) is 74.6 Å².